The second-order valence-electron chi connectivity index (χ2n) is 6.98. The molecule has 0 aliphatic carbocycles. The van der Waals surface area contributed by atoms with Crippen molar-refractivity contribution in [2.24, 2.45) is 0 Å². The Morgan fingerprint density at radius 2 is 1.87 bits per heavy atom. The molecule has 0 radical (unpaired) electrons. The highest BCUT2D eigenvalue weighted by Crippen LogP contribution is 2.43. The van der Waals surface area contributed by atoms with Gasteiger partial charge < -0.3 is 15.2 Å². The molecule has 8 heteroatoms. The minimum absolute atomic E-state index is 0.0255. The number of fused-ring (bicyclic) bond motifs is 1. The number of ether oxygens (including phenoxy) is 1. The van der Waals surface area contributed by atoms with Gasteiger partial charge in [-0.05, 0) is 23.3 Å². The molecule has 0 saturated carbocycles. The number of hydrogen-bond acceptors (Lipinski definition) is 5. The van der Waals surface area contributed by atoms with Gasteiger partial charge in [0.15, 0.2) is 0 Å². The summed E-state index contributed by atoms with van der Waals surface area (Å²) in [6.45, 7) is 0. The number of carboxylic acid groups (broad SMARTS) is 1. The lowest BCUT2D eigenvalue weighted by Crippen LogP contribution is -2.70. The Labute approximate surface area is 177 Å². The van der Waals surface area contributed by atoms with E-state index in [9.17, 15) is 19.5 Å². The predicted octanol–water partition coefficient (Wildman–Crippen LogP) is 2.13. The van der Waals surface area contributed by atoms with Crippen LogP contribution in [0.1, 0.15) is 11.1 Å². The highest BCUT2D eigenvalue weighted by atomic mass is 32.2. The van der Waals surface area contributed by atoms with Crippen LogP contribution < -0.4 is 10.1 Å². The molecule has 30 heavy (non-hydrogen) atoms. The van der Waals surface area contributed by atoms with Crippen molar-refractivity contribution in [3.63, 3.8) is 0 Å². The van der Waals surface area contributed by atoms with Gasteiger partial charge in [-0.3, -0.25) is 14.5 Å². The molecule has 0 bridgehead atoms. The molecule has 154 valence electrons. The van der Waals surface area contributed by atoms with E-state index in [1.165, 1.54) is 16.7 Å². The number of carbonyl (C=O) groups excluding carboxylic acids is 2. The van der Waals surface area contributed by atoms with Gasteiger partial charge >= 0.3 is 5.97 Å². The van der Waals surface area contributed by atoms with Crippen LogP contribution in [0.25, 0.3) is 5.57 Å². The first-order valence-corrected chi connectivity index (χ1v) is 10.4. The quantitative estimate of drug-likeness (QED) is 0.690. The zero-order valence-corrected chi connectivity index (χ0v) is 17.0. The topological polar surface area (TPSA) is 95.9 Å². The number of carbonyl (C=O) groups is 3. The second-order valence-corrected chi connectivity index (χ2v) is 8.08. The minimum Gasteiger partial charge on any atom is -0.497 e. The van der Waals surface area contributed by atoms with Crippen LogP contribution in [-0.4, -0.2) is 52.1 Å². The van der Waals surface area contributed by atoms with E-state index < -0.39 is 23.3 Å². The van der Waals surface area contributed by atoms with Crippen molar-refractivity contribution in [3.8, 4) is 5.75 Å². The van der Waals surface area contributed by atoms with Crippen molar-refractivity contribution in [2.75, 3.05) is 12.9 Å². The first kappa shape index (κ1) is 20.0. The van der Waals surface area contributed by atoms with E-state index in [1.54, 1.807) is 31.4 Å². The molecule has 1 saturated heterocycles. The number of rotatable bonds is 6. The van der Waals surface area contributed by atoms with Gasteiger partial charge in [-0.15, -0.1) is 11.8 Å². The van der Waals surface area contributed by atoms with E-state index in [-0.39, 0.29) is 18.0 Å². The summed E-state index contributed by atoms with van der Waals surface area (Å²) in [5, 5.41) is 12.1. The number of hydrogen-bond donors (Lipinski definition) is 2. The molecule has 2 aliphatic heterocycles. The average molecular weight is 424 g/mol. The summed E-state index contributed by atoms with van der Waals surface area (Å²) in [5.74, 6) is -0.737. The van der Waals surface area contributed by atoms with Crippen LogP contribution in [0.3, 0.4) is 0 Å². The minimum atomic E-state index is -1.16. The average Bonchev–Trinajstić information content (AvgIpc) is 2.77. The number of methoxy groups -OCH3 is 1. The molecule has 2 atom stereocenters. The molecule has 2 heterocycles. The number of thioether (sulfide) groups is 1. The molecule has 7 nitrogen and oxygen atoms in total. The number of nitrogens with one attached hydrogen (secondary N) is 1. The third-order valence-corrected chi connectivity index (χ3v) is 6.41. The van der Waals surface area contributed by atoms with E-state index >= 15 is 0 Å². The molecule has 2 amide bonds. The van der Waals surface area contributed by atoms with Crippen molar-refractivity contribution >= 4 is 35.1 Å². The number of aliphatic carboxylic acids is 1. The van der Waals surface area contributed by atoms with E-state index in [0.29, 0.717) is 17.1 Å². The molecule has 0 spiro atoms. The standard InChI is InChI=1S/C22H20N2O5S/c1-29-15-9-7-14(8-10-15)16-12-30-21-18(20(26)24(21)19(16)22(27)28)23-17(25)11-13-5-3-2-4-6-13/h2-10,18,21H,11-12H2,1H3,(H,23,25)(H,27,28)/t18?,21-/m0/s1. The maximum absolute atomic E-state index is 12.8. The molecule has 2 aliphatic rings. The lowest BCUT2D eigenvalue weighted by molar-refractivity contribution is -0.150. The van der Waals surface area contributed by atoms with Crippen LogP contribution in [-0.2, 0) is 20.8 Å². The van der Waals surface area contributed by atoms with Gasteiger partial charge in [-0.2, -0.15) is 0 Å². The molecule has 2 aromatic rings. The summed E-state index contributed by atoms with van der Waals surface area (Å²) in [4.78, 5) is 38.4. The van der Waals surface area contributed by atoms with Gasteiger partial charge in [0.25, 0.3) is 5.91 Å². The largest absolute Gasteiger partial charge is 0.497 e. The fraction of sp³-hybridized carbons (Fsp3) is 0.227. The van der Waals surface area contributed by atoms with Crippen molar-refractivity contribution in [1.29, 1.82) is 0 Å². The zero-order chi connectivity index (χ0) is 21.3. The Hall–Kier alpha value is -3.26. The van der Waals surface area contributed by atoms with Crippen LogP contribution in [0.4, 0.5) is 0 Å². The maximum Gasteiger partial charge on any atom is 0.352 e. The number of nitrogens with zero attached hydrogens (tertiary/aromatic N) is 1. The van der Waals surface area contributed by atoms with E-state index in [1.807, 2.05) is 30.3 Å². The molecular weight excluding hydrogens is 404 g/mol. The summed E-state index contributed by atoms with van der Waals surface area (Å²) in [6.07, 6.45) is 0.167. The van der Waals surface area contributed by atoms with E-state index in [2.05, 4.69) is 5.32 Å². The molecule has 4 rings (SSSR count). The summed E-state index contributed by atoms with van der Waals surface area (Å²) >= 11 is 1.45. The van der Waals surface area contributed by atoms with Crippen LogP contribution in [0.2, 0.25) is 0 Å². The van der Waals surface area contributed by atoms with Crippen molar-refractivity contribution in [1.82, 2.24) is 10.2 Å². The number of carboxylic acids is 1. The first-order chi connectivity index (χ1) is 14.5. The second kappa shape index (κ2) is 8.23. The maximum atomic E-state index is 12.8. The summed E-state index contributed by atoms with van der Waals surface area (Å²) < 4.78 is 5.15. The first-order valence-electron chi connectivity index (χ1n) is 9.38. The highest BCUT2D eigenvalue weighted by Gasteiger charge is 2.54. The fourth-order valence-corrected chi connectivity index (χ4v) is 5.01. The summed E-state index contributed by atoms with van der Waals surface area (Å²) in [6, 6.07) is 15.6. The summed E-state index contributed by atoms with van der Waals surface area (Å²) in [5.41, 5.74) is 2.13. The van der Waals surface area contributed by atoms with E-state index in [0.717, 1.165) is 11.1 Å². The molecule has 2 N–H and O–H groups in total. The number of β-lactam (4-membered cyclic amide) rings is 1. The van der Waals surface area contributed by atoms with Gasteiger partial charge in [-0.1, -0.05) is 42.5 Å². The van der Waals surface area contributed by atoms with Crippen LogP contribution in [0, 0.1) is 0 Å². The van der Waals surface area contributed by atoms with Crippen molar-refractivity contribution in [2.45, 2.75) is 17.8 Å². The summed E-state index contributed by atoms with van der Waals surface area (Å²) in [7, 11) is 1.56. The fourth-order valence-electron chi connectivity index (χ4n) is 3.64. The third kappa shape index (κ3) is 3.66. The predicted molar refractivity (Wildman–Crippen MR) is 113 cm³/mol. The lowest BCUT2D eigenvalue weighted by Gasteiger charge is -2.49. The van der Waals surface area contributed by atoms with Gasteiger partial charge in [0.05, 0.1) is 13.5 Å². The van der Waals surface area contributed by atoms with E-state index in [4.69, 9.17) is 4.74 Å². The monoisotopic (exact) mass is 424 g/mol. The molecule has 1 unspecified atom stereocenters. The van der Waals surface area contributed by atoms with Crippen LogP contribution in [0.5, 0.6) is 5.75 Å². The Morgan fingerprint density at radius 3 is 2.50 bits per heavy atom. The molecule has 2 aromatic carbocycles. The van der Waals surface area contributed by atoms with Gasteiger partial charge in [0.2, 0.25) is 5.91 Å². The van der Waals surface area contributed by atoms with Crippen molar-refractivity contribution < 1.29 is 24.2 Å². The van der Waals surface area contributed by atoms with Gasteiger partial charge in [-0.25, -0.2) is 4.79 Å². The Balaban J connectivity index is 1.52. The lowest BCUT2D eigenvalue weighted by atomic mass is 9.98. The highest BCUT2D eigenvalue weighted by molar-refractivity contribution is 8.00. The van der Waals surface area contributed by atoms with Crippen LogP contribution >= 0.6 is 11.8 Å². The Morgan fingerprint density at radius 1 is 1.17 bits per heavy atom. The molecular formula is C22H20N2O5S. The SMILES string of the molecule is COc1ccc(C2=C(C(=O)O)N3C(=O)C(NC(=O)Cc4ccccc4)[C@@H]3SC2)cc1. The zero-order valence-electron chi connectivity index (χ0n) is 16.2. The number of amides is 2. The third-order valence-electron chi connectivity index (χ3n) is 5.13. The van der Waals surface area contributed by atoms with Gasteiger partial charge in [0, 0.05) is 11.3 Å². The smallest absolute Gasteiger partial charge is 0.352 e. The van der Waals surface area contributed by atoms with Crippen molar-refractivity contribution in [3.05, 3.63) is 71.4 Å². The normalized spacial score (nSPS) is 20.3. The Kier molecular flexibility index (Phi) is 5.50. The number of benzene rings is 2. The Bertz CT molecular complexity index is 1020. The van der Waals surface area contributed by atoms with Gasteiger partial charge in [0.1, 0.15) is 22.9 Å². The molecule has 0 aromatic heterocycles. The van der Waals surface area contributed by atoms with Crippen LogP contribution in [0.15, 0.2) is 60.3 Å². The molecule has 1 fully saturated rings.